The monoisotopic (exact) mass is 354 g/mol. The first-order chi connectivity index (χ1) is 11.1. The Kier molecular flexibility index (Phi) is 5.93. The maximum atomic E-state index is 12.1. The predicted molar refractivity (Wildman–Crippen MR) is 89.4 cm³/mol. The molecule has 0 aliphatic heterocycles. The second kappa shape index (κ2) is 7.45. The Morgan fingerprint density at radius 2 is 1.40 bits per heavy atom. The number of aromatic carboxylic acids is 1. The van der Waals surface area contributed by atoms with E-state index in [9.17, 15) is 14.4 Å². The fourth-order valence-corrected chi connectivity index (χ4v) is 2.89. The summed E-state index contributed by atoms with van der Waals surface area (Å²) in [5.41, 5.74) is 0.461. The number of fused-ring (bicyclic) bond motifs is 5. The van der Waals surface area contributed by atoms with E-state index in [4.69, 9.17) is 5.11 Å². The molecule has 4 aromatic rings. The standard InChI is InChI=1S/C17H10N2O4.2Na.2H/c20-13-5-6-18-15-8-1-4-11-14(21)7-12(17(22)23)19-16(11)9(8)2-3-10(13)15;;;;/h1-7H,(H,18,20)(H,19,21)(H,22,23);;;;/q;2*+1;2*-1. The van der Waals surface area contributed by atoms with Gasteiger partial charge in [-0.25, -0.2) is 4.79 Å². The van der Waals surface area contributed by atoms with Gasteiger partial charge in [-0.3, -0.25) is 9.59 Å². The molecular formula is C17H12N2Na2O4. The Bertz CT molecular complexity index is 1250. The Hall–Kier alpha value is -1.41. The second-order valence-electron chi connectivity index (χ2n) is 5.27. The number of rotatable bonds is 1. The second-order valence-corrected chi connectivity index (χ2v) is 5.27. The fraction of sp³-hybridized carbons (Fsp3) is 0. The molecule has 0 bridgehead atoms. The van der Waals surface area contributed by atoms with Crippen molar-refractivity contribution < 1.29 is 71.9 Å². The molecule has 2 heterocycles. The van der Waals surface area contributed by atoms with Gasteiger partial charge in [0.1, 0.15) is 5.69 Å². The minimum atomic E-state index is -1.20. The average molecular weight is 354 g/mol. The smallest absolute Gasteiger partial charge is 1.00 e. The summed E-state index contributed by atoms with van der Waals surface area (Å²) in [5.74, 6) is -1.20. The third-order valence-electron chi connectivity index (χ3n) is 3.96. The molecule has 0 aliphatic rings. The van der Waals surface area contributed by atoms with E-state index in [2.05, 4.69) is 9.97 Å². The van der Waals surface area contributed by atoms with Crippen molar-refractivity contribution in [2.24, 2.45) is 0 Å². The summed E-state index contributed by atoms with van der Waals surface area (Å²) >= 11 is 0. The van der Waals surface area contributed by atoms with Crippen LogP contribution in [0, 0.1) is 0 Å². The van der Waals surface area contributed by atoms with E-state index in [0.717, 1.165) is 11.5 Å². The third-order valence-corrected chi connectivity index (χ3v) is 3.96. The van der Waals surface area contributed by atoms with E-state index >= 15 is 0 Å². The maximum absolute atomic E-state index is 12.1. The van der Waals surface area contributed by atoms with Crippen LogP contribution < -0.4 is 70.0 Å². The Morgan fingerprint density at radius 3 is 2.04 bits per heavy atom. The summed E-state index contributed by atoms with van der Waals surface area (Å²) < 4.78 is 0. The number of carboxylic acids is 1. The number of hydrogen-bond acceptors (Lipinski definition) is 3. The number of carbonyl (C=O) groups is 1. The van der Waals surface area contributed by atoms with Crippen LogP contribution in [-0.2, 0) is 0 Å². The van der Waals surface area contributed by atoms with Crippen LogP contribution in [0.5, 0.6) is 0 Å². The van der Waals surface area contributed by atoms with Crippen LogP contribution in [-0.4, -0.2) is 21.0 Å². The van der Waals surface area contributed by atoms with Crippen molar-refractivity contribution in [1.29, 1.82) is 0 Å². The van der Waals surface area contributed by atoms with Gasteiger partial charge >= 0.3 is 65.1 Å². The average Bonchev–Trinajstić information content (AvgIpc) is 2.54. The Balaban J connectivity index is 0.00000169. The SMILES string of the molecule is O=C(O)c1cc(=O)c2ccc3c(ccc4c(=O)cc[nH]c43)c2[nH]1.[H-].[H-].[Na+].[Na+]. The molecule has 0 saturated carbocycles. The predicted octanol–water partition coefficient (Wildman–Crippen LogP) is -3.55. The van der Waals surface area contributed by atoms with Crippen molar-refractivity contribution in [1.82, 2.24) is 9.97 Å². The first-order valence-corrected chi connectivity index (χ1v) is 6.90. The van der Waals surface area contributed by atoms with Gasteiger partial charge in [0.05, 0.1) is 11.0 Å². The van der Waals surface area contributed by atoms with Crippen LogP contribution >= 0.6 is 0 Å². The minimum Gasteiger partial charge on any atom is -1.00 e. The van der Waals surface area contributed by atoms with E-state index in [1.165, 1.54) is 6.07 Å². The molecule has 6 nitrogen and oxygen atoms in total. The molecule has 0 radical (unpaired) electrons. The summed E-state index contributed by atoms with van der Waals surface area (Å²) in [5, 5.41) is 11.5. The quantitative estimate of drug-likeness (QED) is 0.243. The molecule has 2 aromatic heterocycles. The molecule has 0 fully saturated rings. The molecular weight excluding hydrogens is 342 g/mol. The van der Waals surface area contributed by atoms with Crippen molar-refractivity contribution in [3.8, 4) is 0 Å². The van der Waals surface area contributed by atoms with E-state index in [-0.39, 0.29) is 78.5 Å². The number of pyridine rings is 2. The maximum Gasteiger partial charge on any atom is 1.00 e. The van der Waals surface area contributed by atoms with Crippen LogP contribution in [0.15, 0.2) is 52.2 Å². The largest absolute Gasteiger partial charge is 1.00 e. The molecule has 0 unspecified atom stereocenters. The van der Waals surface area contributed by atoms with Crippen molar-refractivity contribution in [3.05, 3.63) is 68.7 Å². The van der Waals surface area contributed by atoms with Gasteiger partial charge in [0.25, 0.3) is 0 Å². The zero-order valence-corrected chi connectivity index (χ0v) is 17.7. The molecule has 0 atom stereocenters. The summed E-state index contributed by atoms with van der Waals surface area (Å²) in [4.78, 5) is 41.1. The molecule has 0 amide bonds. The number of hydrogen-bond donors (Lipinski definition) is 3. The molecule has 0 spiro atoms. The van der Waals surface area contributed by atoms with Gasteiger partial charge in [-0.05, 0) is 12.1 Å². The molecule has 0 aliphatic carbocycles. The number of carboxylic acid groups (broad SMARTS) is 1. The van der Waals surface area contributed by atoms with E-state index in [1.54, 1.807) is 30.5 Å². The molecule has 116 valence electrons. The Labute approximate surface area is 187 Å². The van der Waals surface area contributed by atoms with E-state index in [0.29, 0.717) is 27.2 Å². The normalized spacial score (nSPS) is 10.4. The third kappa shape index (κ3) is 3.21. The topological polar surface area (TPSA) is 103 Å². The zero-order chi connectivity index (χ0) is 16.1. The first kappa shape index (κ1) is 19.9. The molecule has 0 saturated heterocycles. The van der Waals surface area contributed by atoms with Gasteiger partial charge < -0.3 is 17.9 Å². The van der Waals surface area contributed by atoms with Crippen LogP contribution in [0.25, 0.3) is 32.6 Å². The van der Waals surface area contributed by atoms with Crippen LogP contribution in [0.3, 0.4) is 0 Å². The van der Waals surface area contributed by atoms with Crippen molar-refractivity contribution in [2.45, 2.75) is 0 Å². The van der Waals surface area contributed by atoms with Crippen molar-refractivity contribution in [2.75, 3.05) is 0 Å². The summed E-state index contributed by atoms with van der Waals surface area (Å²) in [6.45, 7) is 0. The molecule has 8 heteroatoms. The summed E-state index contributed by atoms with van der Waals surface area (Å²) in [6.07, 6.45) is 1.56. The van der Waals surface area contributed by atoms with Crippen molar-refractivity contribution >= 4 is 38.5 Å². The van der Waals surface area contributed by atoms with Gasteiger partial charge in [0.2, 0.25) is 0 Å². The van der Waals surface area contributed by atoms with Crippen LogP contribution in [0.4, 0.5) is 0 Å². The van der Waals surface area contributed by atoms with E-state index in [1.807, 2.05) is 0 Å². The molecule has 3 N–H and O–H groups in total. The molecule has 4 rings (SSSR count). The summed E-state index contributed by atoms with van der Waals surface area (Å²) in [6, 6.07) is 9.29. The van der Waals surface area contributed by atoms with Gasteiger partial charge in [0, 0.05) is 39.9 Å². The van der Waals surface area contributed by atoms with E-state index < -0.39 is 5.97 Å². The Morgan fingerprint density at radius 1 is 0.840 bits per heavy atom. The molecule has 2 aromatic carbocycles. The van der Waals surface area contributed by atoms with Crippen LogP contribution in [0.1, 0.15) is 13.3 Å². The first-order valence-electron chi connectivity index (χ1n) is 6.90. The van der Waals surface area contributed by atoms with Crippen molar-refractivity contribution in [3.63, 3.8) is 0 Å². The van der Waals surface area contributed by atoms with Gasteiger partial charge in [-0.2, -0.15) is 0 Å². The number of nitrogens with one attached hydrogen (secondary N) is 2. The van der Waals surface area contributed by atoms with Gasteiger partial charge in [-0.1, -0.05) is 12.1 Å². The fourth-order valence-electron chi connectivity index (χ4n) is 2.89. The summed E-state index contributed by atoms with van der Waals surface area (Å²) in [7, 11) is 0. The number of benzene rings is 2. The van der Waals surface area contributed by atoms with Crippen LogP contribution in [0.2, 0.25) is 0 Å². The number of H-pyrrole nitrogens is 2. The molecule has 25 heavy (non-hydrogen) atoms. The number of aromatic amines is 2. The number of aromatic nitrogens is 2. The zero-order valence-electron chi connectivity index (χ0n) is 15.7. The van der Waals surface area contributed by atoms with Gasteiger partial charge in [-0.15, -0.1) is 0 Å². The minimum absolute atomic E-state index is 0. The van der Waals surface area contributed by atoms with Gasteiger partial charge in [0.15, 0.2) is 10.9 Å².